The first kappa shape index (κ1) is 18.7. The minimum Gasteiger partial charge on any atom is -0.450 e. The van der Waals surface area contributed by atoms with Crippen LogP contribution in [0.3, 0.4) is 0 Å². The molecule has 0 aromatic rings. The van der Waals surface area contributed by atoms with E-state index in [2.05, 4.69) is 19.2 Å². The topological polar surface area (TPSA) is 61.9 Å². The monoisotopic (exact) mass is 313 g/mol. The lowest BCUT2D eigenvalue weighted by Crippen LogP contribution is -2.48. The van der Waals surface area contributed by atoms with Gasteiger partial charge in [-0.3, -0.25) is 4.79 Å². The third kappa shape index (κ3) is 6.22. The molecule has 0 aliphatic carbocycles. The number of nitrogens with one attached hydrogen (secondary N) is 1. The molecule has 0 radical (unpaired) electrons. The summed E-state index contributed by atoms with van der Waals surface area (Å²) in [5.41, 5.74) is 0. The maximum absolute atomic E-state index is 12.2. The van der Waals surface area contributed by atoms with Crippen LogP contribution in [0.1, 0.15) is 46.5 Å². The quantitative estimate of drug-likeness (QED) is 0.743. The van der Waals surface area contributed by atoms with Crippen LogP contribution < -0.4 is 5.32 Å². The lowest BCUT2D eigenvalue weighted by atomic mass is 10.1. The molecular weight excluding hydrogens is 282 g/mol. The molecule has 1 saturated heterocycles. The zero-order valence-electron chi connectivity index (χ0n) is 14.3. The summed E-state index contributed by atoms with van der Waals surface area (Å²) in [4.78, 5) is 27.5. The first-order chi connectivity index (χ1) is 10.6. The number of carbonyl (C=O) groups excluding carboxylic acids is 2. The van der Waals surface area contributed by atoms with E-state index in [1.807, 2.05) is 11.8 Å². The molecule has 0 saturated carbocycles. The Balaban J connectivity index is 2.28. The zero-order chi connectivity index (χ0) is 16.4. The third-order valence-corrected chi connectivity index (χ3v) is 3.90. The highest BCUT2D eigenvalue weighted by molar-refractivity contribution is 5.78. The van der Waals surface area contributed by atoms with Crippen LogP contribution in [0.25, 0.3) is 0 Å². The van der Waals surface area contributed by atoms with Gasteiger partial charge in [-0.15, -0.1) is 0 Å². The SMILES string of the molecule is CCCN(CCC)C(=O)CNC1CCN(C(=O)OCC)CC1. The van der Waals surface area contributed by atoms with E-state index in [-0.39, 0.29) is 12.0 Å². The van der Waals surface area contributed by atoms with E-state index in [0.717, 1.165) is 38.8 Å². The predicted molar refractivity (Wildman–Crippen MR) is 86.8 cm³/mol. The van der Waals surface area contributed by atoms with Crippen LogP contribution in [-0.2, 0) is 9.53 Å². The van der Waals surface area contributed by atoms with Gasteiger partial charge in [-0.05, 0) is 32.6 Å². The summed E-state index contributed by atoms with van der Waals surface area (Å²) in [7, 11) is 0. The molecule has 1 N–H and O–H groups in total. The highest BCUT2D eigenvalue weighted by Crippen LogP contribution is 2.11. The van der Waals surface area contributed by atoms with Gasteiger partial charge in [-0.1, -0.05) is 13.8 Å². The Labute approximate surface area is 134 Å². The second-order valence-electron chi connectivity index (χ2n) is 5.72. The Morgan fingerprint density at radius 1 is 1.14 bits per heavy atom. The predicted octanol–water partition coefficient (Wildman–Crippen LogP) is 1.85. The van der Waals surface area contributed by atoms with Gasteiger partial charge in [0.1, 0.15) is 0 Å². The fraction of sp³-hybridized carbons (Fsp3) is 0.875. The van der Waals surface area contributed by atoms with E-state index < -0.39 is 0 Å². The molecule has 1 fully saturated rings. The minimum absolute atomic E-state index is 0.177. The van der Waals surface area contributed by atoms with Gasteiger partial charge in [-0.25, -0.2) is 4.79 Å². The third-order valence-electron chi connectivity index (χ3n) is 3.90. The summed E-state index contributed by atoms with van der Waals surface area (Å²) in [5.74, 6) is 0.177. The van der Waals surface area contributed by atoms with Crippen LogP contribution in [0.5, 0.6) is 0 Å². The summed E-state index contributed by atoms with van der Waals surface area (Å²) in [6.07, 6.45) is 3.49. The Hall–Kier alpha value is -1.30. The van der Waals surface area contributed by atoms with Crippen molar-refractivity contribution < 1.29 is 14.3 Å². The maximum Gasteiger partial charge on any atom is 0.409 e. The van der Waals surface area contributed by atoms with Crippen molar-refractivity contribution in [3.8, 4) is 0 Å². The molecule has 0 bridgehead atoms. The van der Waals surface area contributed by atoms with Crippen LogP contribution in [0, 0.1) is 0 Å². The van der Waals surface area contributed by atoms with Crippen molar-refractivity contribution in [2.45, 2.75) is 52.5 Å². The molecule has 1 aliphatic rings. The molecule has 6 heteroatoms. The molecule has 1 aliphatic heterocycles. The summed E-state index contributed by atoms with van der Waals surface area (Å²) >= 11 is 0. The summed E-state index contributed by atoms with van der Waals surface area (Å²) in [6.45, 7) is 9.85. The number of amides is 2. The van der Waals surface area contributed by atoms with Gasteiger partial charge >= 0.3 is 6.09 Å². The smallest absolute Gasteiger partial charge is 0.409 e. The fourth-order valence-corrected chi connectivity index (χ4v) is 2.73. The van der Waals surface area contributed by atoms with Crippen molar-refractivity contribution >= 4 is 12.0 Å². The highest BCUT2D eigenvalue weighted by atomic mass is 16.6. The van der Waals surface area contributed by atoms with Gasteiger partial charge in [0, 0.05) is 32.2 Å². The minimum atomic E-state index is -0.228. The highest BCUT2D eigenvalue weighted by Gasteiger charge is 2.24. The number of piperidine rings is 1. The molecule has 1 heterocycles. The lowest BCUT2D eigenvalue weighted by molar-refractivity contribution is -0.130. The first-order valence-corrected chi connectivity index (χ1v) is 8.55. The molecule has 22 heavy (non-hydrogen) atoms. The van der Waals surface area contributed by atoms with Crippen molar-refractivity contribution in [1.29, 1.82) is 0 Å². The summed E-state index contributed by atoms with van der Waals surface area (Å²) in [6, 6.07) is 0.305. The van der Waals surface area contributed by atoms with Crippen LogP contribution in [0.15, 0.2) is 0 Å². The molecule has 0 aromatic heterocycles. The van der Waals surface area contributed by atoms with Gasteiger partial charge in [0.15, 0.2) is 0 Å². The number of hydrogen-bond donors (Lipinski definition) is 1. The van der Waals surface area contributed by atoms with E-state index in [4.69, 9.17) is 4.74 Å². The Morgan fingerprint density at radius 2 is 1.73 bits per heavy atom. The van der Waals surface area contributed by atoms with Crippen molar-refractivity contribution in [2.24, 2.45) is 0 Å². The average Bonchev–Trinajstić information content (AvgIpc) is 2.53. The van der Waals surface area contributed by atoms with E-state index in [9.17, 15) is 9.59 Å². The van der Waals surface area contributed by atoms with Crippen LogP contribution >= 0.6 is 0 Å². The average molecular weight is 313 g/mol. The van der Waals surface area contributed by atoms with Gasteiger partial charge in [0.2, 0.25) is 5.91 Å². The molecule has 0 unspecified atom stereocenters. The van der Waals surface area contributed by atoms with Crippen LogP contribution in [0.2, 0.25) is 0 Å². The molecule has 128 valence electrons. The number of rotatable bonds is 8. The lowest BCUT2D eigenvalue weighted by Gasteiger charge is -2.32. The fourth-order valence-electron chi connectivity index (χ4n) is 2.73. The Bertz CT molecular complexity index is 336. The van der Waals surface area contributed by atoms with E-state index in [1.54, 1.807) is 4.90 Å². The summed E-state index contributed by atoms with van der Waals surface area (Å²) in [5, 5.41) is 3.34. The van der Waals surface area contributed by atoms with Crippen molar-refractivity contribution in [1.82, 2.24) is 15.1 Å². The van der Waals surface area contributed by atoms with E-state index >= 15 is 0 Å². The van der Waals surface area contributed by atoms with Crippen LogP contribution in [0.4, 0.5) is 4.79 Å². The second-order valence-corrected chi connectivity index (χ2v) is 5.72. The zero-order valence-corrected chi connectivity index (χ0v) is 14.3. The molecule has 1 rings (SSSR count). The van der Waals surface area contributed by atoms with Gasteiger partial charge < -0.3 is 19.9 Å². The number of ether oxygens (including phenoxy) is 1. The first-order valence-electron chi connectivity index (χ1n) is 8.55. The molecule has 6 nitrogen and oxygen atoms in total. The van der Waals surface area contributed by atoms with Crippen molar-refractivity contribution in [3.05, 3.63) is 0 Å². The molecule has 0 spiro atoms. The van der Waals surface area contributed by atoms with E-state index in [0.29, 0.717) is 32.3 Å². The molecular formula is C16H31N3O3. The second kappa shape index (κ2) is 10.4. The normalized spacial score (nSPS) is 15.7. The standard InChI is InChI=1S/C16H31N3O3/c1-4-9-18(10-5-2)15(20)13-17-14-7-11-19(12-8-14)16(21)22-6-3/h14,17H,4-13H2,1-3H3. The molecule has 2 amide bonds. The largest absolute Gasteiger partial charge is 0.450 e. The molecule has 0 aromatic carbocycles. The number of nitrogens with zero attached hydrogens (tertiary/aromatic N) is 2. The Morgan fingerprint density at radius 3 is 2.23 bits per heavy atom. The van der Waals surface area contributed by atoms with E-state index in [1.165, 1.54) is 0 Å². The van der Waals surface area contributed by atoms with Gasteiger partial charge in [-0.2, -0.15) is 0 Å². The van der Waals surface area contributed by atoms with Gasteiger partial charge in [0.05, 0.1) is 13.2 Å². The number of carbonyl (C=O) groups is 2. The number of likely N-dealkylation sites (tertiary alicyclic amines) is 1. The van der Waals surface area contributed by atoms with Gasteiger partial charge in [0.25, 0.3) is 0 Å². The Kier molecular flexibility index (Phi) is 8.89. The van der Waals surface area contributed by atoms with Crippen LogP contribution in [-0.4, -0.2) is 67.2 Å². The molecule has 0 atom stereocenters. The summed E-state index contributed by atoms with van der Waals surface area (Å²) < 4.78 is 5.01. The van der Waals surface area contributed by atoms with Crippen molar-refractivity contribution in [3.63, 3.8) is 0 Å². The number of hydrogen-bond acceptors (Lipinski definition) is 4. The maximum atomic E-state index is 12.2. The van der Waals surface area contributed by atoms with Crippen molar-refractivity contribution in [2.75, 3.05) is 39.3 Å².